The number of cyclic esters (lactones) is 1. The van der Waals surface area contributed by atoms with Gasteiger partial charge in [-0.2, -0.15) is 0 Å². The molecule has 8 aliphatic rings. The first-order valence-electron chi connectivity index (χ1n) is 22.8. The van der Waals surface area contributed by atoms with Crippen LogP contribution in [-0.2, 0) is 52.2 Å². The average molecular weight is 917 g/mol. The summed E-state index contributed by atoms with van der Waals surface area (Å²) in [4.78, 5) is 24.5. The highest BCUT2D eigenvalue weighted by atomic mass is 16.8. The van der Waals surface area contributed by atoms with E-state index >= 15 is 0 Å². The van der Waals surface area contributed by atoms with E-state index in [0.717, 1.165) is 31.3 Å². The third-order valence-corrected chi connectivity index (χ3v) is 16.8. The van der Waals surface area contributed by atoms with Crippen LogP contribution < -0.4 is 0 Å². The Kier molecular flexibility index (Phi) is 14.0. The molecule has 0 bridgehead atoms. The summed E-state index contributed by atoms with van der Waals surface area (Å²) in [6.45, 7) is 6.09. The second-order valence-corrected chi connectivity index (χ2v) is 20.1. The van der Waals surface area contributed by atoms with E-state index in [0.29, 0.717) is 25.7 Å². The molecule has 0 radical (unpaired) electrons. The van der Waals surface area contributed by atoms with Gasteiger partial charge in [-0.25, -0.2) is 4.79 Å². The molecule has 20 nitrogen and oxygen atoms in total. The van der Waals surface area contributed by atoms with Crippen LogP contribution in [0.3, 0.4) is 0 Å². The molecule has 8 rings (SSSR count). The smallest absolute Gasteiger partial charge is 0.331 e. The van der Waals surface area contributed by atoms with Crippen LogP contribution in [0.5, 0.6) is 0 Å². The van der Waals surface area contributed by atoms with E-state index in [1.807, 2.05) is 0 Å². The maximum absolute atomic E-state index is 12.9. The quantitative estimate of drug-likeness (QED) is 0.0825. The molecule has 24 atom stereocenters. The van der Waals surface area contributed by atoms with Crippen molar-refractivity contribution in [2.24, 2.45) is 34.5 Å². The SMILES string of the molecule is COC1C(O)C(OC2CCC3(C)C(CCC4C3CCC3(C)C(C5=CC(=O)OC5)C(OC(C)=O)CC43O)C2)OC(C)C1OC1OC(CO)C(OC2OC(CO)C(O)C(O)C2O)C(O)C1O. The number of fused-ring (bicyclic) bond motifs is 5. The molecule has 0 aromatic carbocycles. The van der Waals surface area contributed by atoms with E-state index in [-0.39, 0.29) is 41.8 Å². The molecule has 4 aliphatic heterocycles. The molecule has 364 valence electrons. The molecule has 0 aromatic rings. The van der Waals surface area contributed by atoms with Gasteiger partial charge in [-0.15, -0.1) is 0 Å². The Morgan fingerprint density at radius 2 is 1.42 bits per heavy atom. The van der Waals surface area contributed by atoms with Gasteiger partial charge in [-0.1, -0.05) is 13.8 Å². The third kappa shape index (κ3) is 8.17. The molecule has 4 heterocycles. The summed E-state index contributed by atoms with van der Waals surface area (Å²) in [6, 6.07) is 0. The molecule has 3 saturated heterocycles. The molecule has 0 aromatic heterocycles. The number of carbonyl (C=O) groups excluding carboxylic acids is 2. The van der Waals surface area contributed by atoms with E-state index in [9.17, 15) is 55.5 Å². The predicted molar refractivity (Wildman–Crippen MR) is 214 cm³/mol. The molecule has 20 heteroatoms. The molecule has 4 saturated carbocycles. The van der Waals surface area contributed by atoms with Crippen LogP contribution in [0.1, 0.15) is 79.1 Å². The lowest BCUT2D eigenvalue weighted by molar-refractivity contribution is -0.380. The normalized spacial score (nSPS) is 52.8. The molecular weight excluding hydrogens is 848 g/mol. The lowest BCUT2D eigenvalue weighted by Crippen LogP contribution is -2.66. The van der Waals surface area contributed by atoms with Crippen molar-refractivity contribution in [3.8, 4) is 0 Å². The fourth-order valence-corrected chi connectivity index (χ4v) is 13.4. The van der Waals surface area contributed by atoms with Gasteiger partial charge in [0.15, 0.2) is 18.9 Å². The topological polar surface area (TPSA) is 299 Å². The minimum absolute atomic E-state index is 0.0447. The Balaban J connectivity index is 0.894. The average Bonchev–Trinajstić information content (AvgIpc) is 3.77. The van der Waals surface area contributed by atoms with Crippen LogP contribution in [-0.4, -0.2) is 195 Å². The first-order valence-corrected chi connectivity index (χ1v) is 22.8. The van der Waals surface area contributed by atoms with Crippen LogP contribution >= 0.6 is 0 Å². The van der Waals surface area contributed by atoms with Gasteiger partial charge in [0.2, 0.25) is 0 Å². The van der Waals surface area contributed by atoms with Crippen LogP contribution in [0.15, 0.2) is 11.6 Å². The van der Waals surface area contributed by atoms with Crippen molar-refractivity contribution in [1.82, 2.24) is 0 Å². The molecule has 0 spiro atoms. The van der Waals surface area contributed by atoms with Gasteiger partial charge in [0.25, 0.3) is 0 Å². The second-order valence-electron chi connectivity index (χ2n) is 20.1. The van der Waals surface area contributed by atoms with Gasteiger partial charge < -0.3 is 88.6 Å². The Hall–Kier alpha value is -1.96. The number of aliphatic hydroxyl groups is 9. The van der Waals surface area contributed by atoms with Crippen molar-refractivity contribution in [3.05, 3.63) is 11.6 Å². The van der Waals surface area contributed by atoms with Crippen LogP contribution in [0.2, 0.25) is 0 Å². The Morgan fingerprint density at radius 3 is 2.06 bits per heavy atom. The minimum atomic E-state index is -1.82. The predicted octanol–water partition coefficient (Wildman–Crippen LogP) is -1.70. The fourth-order valence-electron chi connectivity index (χ4n) is 13.4. The molecule has 0 amide bonds. The zero-order valence-corrected chi connectivity index (χ0v) is 37.0. The lowest BCUT2D eigenvalue weighted by atomic mass is 9.43. The summed E-state index contributed by atoms with van der Waals surface area (Å²) in [5.74, 6) is -0.779. The number of ether oxygens (including phenoxy) is 9. The highest BCUT2D eigenvalue weighted by Crippen LogP contribution is 2.70. The number of methoxy groups -OCH3 is 1. The van der Waals surface area contributed by atoms with E-state index < -0.39 is 134 Å². The summed E-state index contributed by atoms with van der Waals surface area (Å²) in [5.41, 5.74) is -1.11. The third-order valence-electron chi connectivity index (χ3n) is 16.8. The van der Waals surface area contributed by atoms with E-state index in [1.54, 1.807) is 6.92 Å². The van der Waals surface area contributed by atoms with E-state index in [2.05, 4.69) is 13.8 Å². The molecule has 24 unspecified atom stereocenters. The van der Waals surface area contributed by atoms with Gasteiger partial charge in [-0.3, -0.25) is 4.79 Å². The zero-order chi connectivity index (χ0) is 46.2. The molecule has 9 N–H and O–H groups in total. The molecule has 4 aliphatic carbocycles. The van der Waals surface area contributed by atoms with E-state index in [4.69, 9.17) is 42.6 Å². The fraction of sp³-hybridized carbons (Fsp3) is 0.909. The Labute approximate surface area is 371 Å². The monoisotopic (exact) mass is 916 g/mol. The number of rotatable bonds is 11. The molecule has 64 heavy (non-hydrogen) atoms. The van der Waals surface area contributed by atoms with Crippen molar-refractivity contribution in [2.45, 2.75) is 189 Å². The summed E-state index contributed by atoms with van der Waals surface area (Å²) in [6.07, 6.45) is -15.5. The number of hydrogen-bond acceptors (Lipinski definition) is 20. The zero-order valence-electron chi connectivity index (χ0n) is 37.0. The first kappa shape index (κ1) is 48.5. The van der Waals surface area contributed by atoms with Gasteiger partial charge in [0.1, 0.15) is 79.9 Å². The van der Waals surface area contributed by atoms with Crippen molar-refractivity contribution >= 4 is 11.9 Å². The first-order chi connectivity index (χ1) is 30.3. The summed E-state index contributed by atoms with van der Waals surface area (Å²) >= 11 is 0. The molecule has 7 fully saturated rings. The van der Waals surface area contributed by atoms with Gasteiger partial charge in [-0.05, 0) is 80.6 Å². The highest BCUT2D eigenvalue weighted by molar-refractivity contribution is 5.85. The van der Waals surface area contributed by atoms with Crippen LogP contribution in [0.25, 0.3) is 0 Å². The summed E-state index contributed by atoms with van der Waals surface area (Å²) < 4.78 is 52.7. The van der Waals surface area contributed by atoms with Crippen molar-refractivity contribution in [1.29, 1.82) is 0 Å². The Bertz CT molecular complexity index is 1710. The van der Waals surface area contributed by atoms with Crippen molar-refractivity contribution < 1.29 is 98.2 Å². The highest BCUT2D eigenvalue weighted by Gasteiger charge is 2.71. The number of carbonyl (C=O) groups is 2. The van der Waals surface area contributed by atoms with Gasteiger partial charge in [0.05, 0.1) is 31.0 Å². The summed E-state index contributed by atoms with van der Waals surface area (Å²) in [5, 5.41) is 97.5. The largest absolute Gasteiger partial charge is 0.462 e. The van der Waals surface area contributed by atoms with E-state index in [1.165, 1.54) is 20.1 Å². The van der Waals surface area contributed by atoms with Crippen LogP contribution in [0.4, 0.5) is 0 Å². The number of aliphatic hydroxyl groups excluding tert-OH is 8. The van der Waals surface area contributed by atoms with Crippen molar-refractivity contribution in [2.75, 3.05) is 26.9 Å². The Morgan fingerprint density at radius 1 is 0.766 bits per heavy atom. The minimum Gasteiger partial charge on any atom is -0.462 e. The summed E-state index contributed by atoms with van der Waals surface area (Å²) in [7, 11) is 1.37. The van der Waals surface area contributed by atoms with Crippen LogP contribution in [0, 0.1) is 34.5 Å². The number of hydrogen-bond donors (Lipinski definition) is 9. The second kappa shape index (κ2) is 18.5. The van der Waals surface area contributed by atoms with Gasteiger partial charge in [0, 0.05) is 37.9 Å². The maximum Gasteiger partial charge on any atom is 0.331 e. The van der Waals surface area contributed by atoms with Crippen molar-refractivity contribution in [3.63, 3.8) is 0 Å². The molecular formula is C44H68O20. The maximum atomic E-state index is 12.9. The number of esters is 2. The lowest BCUT2D eigenvalue weighted by Gasteiger charge is -2.63. The standard InChI is InChI=1S/C44H68O20/c1-18-36(63-40-34(53)32(51)37(27(16-46)62-40)64-39-33(52)31(50)30(49)26(15-45)61-39)38(56-5)35(54)41(58-18)60-22-8-10-42(3)21(13-22)6-7-24-23(42)9-11-43(4)29(20-12-28(48)57-17-20)25(59-19(2)47)14-44(24,43)55/h12,18,21-27,29-41,45-46,49-55H,6-11,13-17H2,1-5H3. The van der Waals surface area contributed by atoms with Gasteiger partial charge >= 0.3 is 11.9 Å².